The first-order valence-corrected chi connectivity index (χ1v) is 7.46. The molecule has 2 nitrogen and oxygen atoms in total. The summed E-state index contributed by atoms with van der Waals surface area (Å²) in [7, 11) is 3.92. The van der Waals surface area contributed by atoms with Crippen molar-refractivity contribution in [3.05, 3.63) is 34.8 Å². The predicted octanol–water partition coefficient (Wildman–Crippen LogP) is 4.03. The van der Waals surface area contributed by atoms with E-state index >= 15 is 0 Å². The molecule has 0 spiro atoms. The molecular formula is C16H22F4N2. The van der Waals surface area contributed by atoms with Crippen LogP contribution in [0.25, 0.3) is 0 Å². The highest BCUT2D eigenvalue weighted by Gasteiger charge is 2.40. The minimum absolute atomic E-state index is 0.0785. The van der Waals surface area contributed by atoms with Gasteiger partial charge in [-0.2, -0.15) is 13.2 Å². The molecule has 0 aromatic heterocycles. The standard InChI is InChI=1S/C16H22F4N2/c1-11-4-5-14(17)15(13(10-11)16(18,19)20)22-8-6-12(7-9-22)21(2)3/h4,10,12H,5-9H2,1-3H3. The molecule has 124 valence electrons. The van der Waals surface area contributed by atoms with Crippen molar-refractivity contribution < 1.29 is 17.6 Å². The zero-order valence-corrected chi connectivity index (χ0v) is 13.2. The minimum Gasteiger partial charge on any atom is -0.369 e. The van der Waals surface area contributed by atoms with Gasteiger partial charge >= 0.3 is 6.18 Å². The van der Waals surface area contributed by atoms with E-state index in [2.05, 4.69) is 4.90 Å². The molecule has 6 heteroatoms. The Morgan fingerprint density at radius 2 is 1.77 bits per heavy atom. The van der Waals surface area contributed by atoms with E-state index in [-0.39, 0.29) is 12.1 Å². The van der Waals surface area contributed by atoms with Crippen LogP contribution in [0.2, 0.25) is 0 Å². The topological polar surface area (TPSA) is 6.48 Å². The minimum atomic E-state index is -4.55. The van der Waals surface area contributed by atoms with Gasteiger partial charge in [-0.05, 0) is 39.9 Å². The molecule has 0 saturated carbocycles. The molecule has 0 aromatic carbocycles. The lowest BCUT2D eigenvalue weighted by Gasteiger charge is -2.38. The molecule has 0 atom stereocenters. The van der Waals surface area contributed by atoms with Crippen molar-refractivity contribution in [3.63, 3.8) is 0 Å². The van der Waals surface area contributed by atoms with Crippen LogP contribution in [0.5, 0.6) is 0 Å². The van der Waals surface area contributed by atoms with Crippen LogP contribution in [0.3, 0.4) is 0 Å². The Bertz CT molecular complexity index is 507. The van der Waals surface area contributed by atoms with E-state index < -0.39 is 17.6 Å². The number of piperidine rings is 1. The first-order valence-electron chi connectivity index (χ1n) is 7.46. The molecule has 22 heavy (non-hydrogen) atoms. The third-order valence-electron chi connectivity index (χ3n) is 4.30. The van der Waals surface area contributed by atoms with Gasteiger partial charge in [-0.15, -0.1) is 0 Å². The van der Waals surface area contributed by atoms with Crippen LogP contribution in [0.4, 0.5) is 17.6 Å². The molecule has 0 N–H and O–H groups in total. The van der Waals surface area contributed by atoms with Crippen LogP contribution in [0, 0.1) is 0 Å². The molecule has 1 aliphatic heterocycles. The average molecular weight is 318 g/mol. The average Bonchev–Trinajstić information content (AvgIpc) is 2.58. The van der Waals surface area contributed by atoms with Crippen molar-refractivity contribution in [2.75, 3.05) is 27.2 Å². The van der Waals surface area contributed by atoms with Gasteiger partial charge in [0.1, 0.15) is 5.83 Å². The first kappa shape index (κ1) is 17.1. The Balaban J connectivity index is 2.29. The molecule has 0 amide bonds. The van der Waals surface area contributed by atoms with Crippen molar-refractivity contribution in [3.8, 4) is 0 Å². The fourth-order valence-corrected chi connectivity index (χ4v) is 3.01. The second kappa shape index (κ2) is 6.44. The van der Waals surface area contributed by atoms with Crippen molar-refractivity contribution in [1.82, 2.24) is 9.80 Å². The Morgan fingerprint density at radius 1 is 1.18 bits per heavy atom. The van der Waals surface area contributed by atoms with Gasteiger partial charge in [-0.1, -0.05) is 11.6 Å². The second-order valence-electron chi connectivity index (χ2n) is 6.14. The summed E-state index contributed by atoms with van der Waals surface area (Å²) in [5.74, 6) is -0.691. The normalized spacial score (nSPS) is 21.9. The van der Waals surface area contributed by atoms with E-state index in [4.69, 9.17) is 0 Å². The van der Waals surface area contributed by atoms with E-state index in [9.17, 15) is 17.6 Å². The van der Waals surface area contributed by atoms with Crippen LogP contribution < -0.4 is 0 Å². The molecule has 0 aromatic rings. The molecule has 0 unspecified atom stereocenters. The Hall–Kier alpha value is -1.30. The highest BCUT2D eigenvalue weighted by Crippen LogP contribution is 2.39. The lowest BCUT2D eigenvalue weighted by atomic mass is 10.0. The summed E-state index contributed by atoms with van der Waals surface area (Å²) in [6.45, 7) is 2.45. The summed E-state index contributed by atoms with van der Waals surface area (Å²) in [4.78, 5) is 3.63. The summed E-state index contributed by atoms with van der Waals surface area (Å²) in [5.41, 5.74) is -0.682. The molecule has 0 radical (unpaired) electrons. The first-order chi connectivity index (χ1) is 10.2. The maximum absolute atomic E-state index is 14.3. The summed E-state index contributed by atoms with van der Waals surface area (Å²) in [6.07, 6.45) is -0.599. The van der Waals surface area contributed by atoms with E-state index in [0.717, 1.165) is 18.9 Å². The molecule has 1 heterocycles. The van der Waals surface area contributed by atoms with Gasteiger partial charge in [0.15, 0.2) is 0 Å². The fraction of sp³-hybridized carbons (Fsp3) is 0.625. The quantitative estimate of drug-likeness (QED) is 0.709. The summed E-state index contributed by atoms with van der Waals surface area (Å²) in [5, 5.41) is 0. The van der Waals surface area contributed by atoms with E-state index in [0.29, 0.717) is 24.7 Å². The van der Waals surface area contributed by atoms with Crippen LogP contribution in [-0.2, 0) is 0 Å². The van der Waals surface area contributed by atoms with E-state index in [1.165, 1.54) is 6.08 Å². The SMILES string of the molecule is CC1=CCC(F)=C(N2CCC(N(C)C)CC2)C(C(F)(F)F)=C1. The summed E-state index contributed by atoms with van der Waals surface area (Å²) < 4.78 is 54.4. The number of hydrogen-bond acceptors (Lipinski definition) is 2. The fourth-order valence-electron chi connectivity index (χ4n) is 3.01. The van der Waals surface area contributed by atoms with Gasteiger partial charge < -0.3 is 9.80 Å². The largest absolute Gasteiger partial charge is 0.418 e. The molecule has 2 rings (SSSR count). The Morgan fingerprint density at radius 3 is 2.27 bits per heavy atom. The van der Waals surface area contributed by atoms with Gasteiger partial charge in [0, 0.05) is 25.6 Å². The van der Waals surface area contributed by atoms with Crippen LogP contribution in [0.1, 0.15) is 26.2 Å². The van der Waals surface area contributed by atoms with Crippen molar-refractivity contribution >= 4 is 0 Å². The van der Waals surface area contributed by atoms with Crippen molar-refractivity contribution in [2.45, 2.75) is 38.4 Å². The number of hydrogen-bond donors (Lipinski definition) is 0. The Kier molecular flexibility index (Phi) is 5.00. The smallest absolute Gasteiger partial charge is 0.369 e. The molecule has 2 aliphatic rings. The lowest BCUT2D eigenvalue weighted by Crippen LogP contribution is -2.42. The molecular weight excluding hydrogens is 296 g/mol. The van der Waals surface area contributed by atoms with Gasteiger partial charge in [-0.25, -0.2) is 4.39 Å². The highest BCUT2D eigenvalue weighted by molar-refractivity contribution is 5.44. The van der Waals surface area contributed by atoms with Crippen molar-refractivity contribution in [1.29, 1.82) is 0 Å². The van der Waals surface area contributed by atoms with E-state index in [1.807, 2.05) is 14.1 Å². The highest BCUT2D eigenvalue weighted by atomic mass is 19.4. The summed E-state index contributed by atoms with van der Waals surface area (Å²) >= 11 is 0. The van der Waals surface area contributed by atoms with E-state index in [1.54, 1.807) is 11.8 Å². The Labute approximate surface area is 128 Å². The number of likely N-dealkylation sites (tertiary alicyclic amines) is 1. The molecule has 1 saturated heterocycles. The molecule has 0 bridgehead atoms. The molecule has 1 aliphatic carbocycles. The maximum atomic E-state index is 14.3. The van der Waals surface area contributed by atoms with Gasteiger partial charge in [0.2, 0.25) is 0 Å². The number of alkyl halides is 3. The number of rotatable bonds is 2. The third-order valence-corrected chi connectivity index (χ3v) is 4.30. The van der Waals surface area contributed by atoms with Crippen LogP contribution in [-0.4, -0.2) is 49.2 Å². The second-order valence-corrected chi connectivity index (χ2v) is 6.14. The lowest BCUT2D eigenvalue weighted by molar-refractivity contribution is -0.0921. The zero-order valence-electron chi connectivity index (χ0n) is 13.2. The third kappa shape index (κ3) is 3.72. The zero-order chi connectivity index (χ0) is 16.5. The predicted molar refractivity (Wildman–Crippen MR) is 78.9 cm³/mol. The number of nitrogens with zero attached hydrogens (tertiary/aromatic N) is 2. The van der Waals surface area contributed by atoms with Crippen molar-refractivity contribution in [2.24, 2.45) is 0 Å². The van der Waals surface area contributed by atoms with Crippen LogP contribution >= 0.6 is 0 Å². The monoisotopic (exact) mass is 318 g/mol. The molecule has 1 fully saturated rings. The van der Waals surface area contributed by atoms with Crippen LogP contribution in [0.15, 0.2) is 34.8 Å². The number of allylic oxidation sites excluding steroid dienone is 5. The summed E-state index contributed by atoms with van der Waals surface area (Å²) in [6, 6.07) is 0.337. The maximum Gasteiger partial charge on any atom is 0.418 e. The van der Waals surface area contributed by atoms with Gasteiger partial charge in [0.05, 0.1) is 11.3 Å². The van der Waals surface area contributed by atoms with Gasteiger partial charge in [-0.3, -0.25) is 0 Å². The number of halogens is 4. The van der Waals surface area contributed by atoms with Gasteiger partial charge in [0.25, 0.3) is 0 Å².